The standard InChI is InChI=1S/C20H28FN3O2.2ClH/c21-18-11-16(5-6-19(18)22-12-17-2-1-7-26-17)24-20(25)10-13-8-14-3-4-15(9-13)23-14;;/h5-6,11,13-15,17,22-23H,1-4,7-10,12H2,(H,24,25);2*1H. The Morgan fingerprint density at radius 1 is 1.18 bits per heavy atom. The SMILES string of the molecule is Cl.Cl.O=C(CC1CC2CCC(C1)N2)Nc1ccc(NCC2CCCO2)c(F)c1. The summed E-state index contributed by atoms with van der Waals surface area (Å²) in [6.07, 6.45) is 7.38. The van der Waals surface area contributed by atoms with E-state index in [1.807, 2.05) is 0 Å². The zero-order valence-corrected chi connectivity index (χ0v) is 17.5. The molecule has 8 heteroatoms. The van der Waals surface area contributed by atoms with E-state index in [0.717, 1.165) is 32.3 Å². The van der Waals surface area contributed by atoms with Crippen LogP contribution in [0.3, 0.4) is 0 Å². The normalized spacial score (nSPS) is 28.2. The van der Waals surface area contributed by atoms with Gasteiger partial charge in [-0.2, -0.15) is 0 Å². The number of carbonyl (C=O) groups excluding carboxylic acids is 1. The number of hydrogen-bond acceptors (Lipinski definition) is 4. The third-order valence-electron chi connectivity index (χ3n) is 5.84. The quantitative estimate of drug-likeness (QED) is 0.631. The van der Waals surface area contributed by atoms with Crippen molar-refractivity contribution in [3.63, 3.8) is 0 Å². The fraction of sp³-hybridized carbons (Fsp3) is 0.650. The van der Waals surface area contributed by atoms with E-state index >= 15 is 0 Å². The van der Waals surface area contributed by atoms with Gasteiger partial charge in [0.25, 0.3) is 0 Å². The molecule has 0 spiro atoms. The van der Waals surface area contributed by atoms with Gasteiger partial charge in [-0.3, -0.25) is 4.79 Å². The van der Waals surface area contributed by atoms with Crippen molar-refractivity contribution in [3.8, 4) is 0 Å². The molecule has 3 saturated heterocycles. The number of piperidine rings is 1. The molecule has 3 aliphatic rings. The maximum Gasteiger partial charge on any atom is 0.224 e. The molecule has 3 fully saturated rings. The maximum atomic E-state index is 14.3. The van der Waals surface area contributed by atoms with Crippen LogP contribution in [0.5, 0.6) is 0 Å². The molecule has 3 N–H and O–H groups in total. The van der Waals surface area contributed by atoms with Crippen molar-refractivity contribution in [2.45, 2.75) is 63.1 Å². The molecule has 1 aromatic carbocycles. The van der Waals surface area contributed by atoms with Crippen LogP contribution < -0.4 is 16.0 Å². The molecule has 28 heavy (non-hydrogen) atoms. The van der Waals surface area contributed by atoms with Gasteiger partial charge in [0.1, 0.15) is 5.82 Å². The second-order valence-electron chi connectivity index (χ2n) is 7.94. The average molecular weight is 434 g/mol. The van der Waals surface area contributed by atoms with Crippen LogP contribution in [0.15, 0.2) is 18.2 Å². The molecule has 3 atom stereocenters. The Hall–Kier alpha value is -1.08. The van der Waals surface area contributed by atoms with Gasteiger partial charge in [0.05, 0.1) is 11.8 Å². The molecule has 1 amide bonds. The summed E-state index contributed by atoms with van der Waals surface area (Å²) >= 11 is 0. The lowest BCUT2D eigenvalue weighted by Gasteiger charge is -2.28. The van der Waals surface area contributed by atoms with Crippen LogP contribution in [0.2, 0.25) is 0 Å². The van der Waals surface area contributed by atoms with Crippen LogP contribution in [0.25, 0.3) is 0 Å². The first-order valence-electron chi connectivity index (χ1n) is 9.86. The van der Waals surface area contributed by atoms with Crippen molar-refractivity contribution in [3.05, 3.63) is 24.0 Å². The van der Waals surface area contributed by atoms with Crippen molar-refractivity contribution >= 4 is 42.1 Å². The summed E-state index contributed by atoms with van der Waals surface area (Å²) in [5.74, 6) is 0.0717. The maximum absolute atomic E-state index is 14.3. The fourth-order valence-corrected chi connectivity index (χ4v) is 4.58. The first-order chi connectivity index (χ1) is 12.7. The summed E-state index contributed by atoms with van der Waals surface area (Å²) in [5, 5.41) is 9.54. The molecular formula is C20H30Cl2FN3O2. The minimum absolute atomic E-state index is 0. The highest BCUT2D eigenvalue weighted by Gasteiger charge is 2.34. The first kappa shape index (κ1) is 23.2. The first-order valence-corrected chi connectivity index (χ1v) is 9.86. The highest BCUT2D eigenvalue weighted by Crippen LogP contribution is 2.33. The number of rotatable bonds is 6. The Labute approximate surface area is 178 Å². The van der Waals surface area contributed by atoms with Crippen LogP contribution in [-0.2, 0) is 9.53 Å². The van der Waals surface area contributed by atoms with Crippen molar-refractivity contribution in [2.24, 2.45) is 5.92 Å². The number of carbonyl (C=O) groups is 1. The second kappa shape index (κ2) is 10.6. The molecule has 4 rings (SSSR count). The van der Waals surface area contributed by atoms with Gasteiger partial charge in [0.15, 0.2) is 0 Å². The average Bonchev–Trinajstić information content (AvgIpc) is 3.23. The van der Waals surface area contributed by atoms with Crippen LogP contribution in [0, 0.1) is 11.7 Å². The molecule has 3 aliphatic heterocycles. The largest absolute Gasteiger partial charge is 0.380 e. The van der Waals surface area contributed by atoms with Gasteiger partial charge in [-0.25, -0.2) is 4.39 Å². The number of ether oxygens (including phenoxy) is 1. The van der Waals surface area contributed by atoms with E-state index in [-0.39, 0.29) is 42.6 Å². The van der Waals surface area contributed by atoms with Crippen molar-refractivity contribution in [1.82, 2.24) is 5.32 Å². The Bertz CT molecular complexity index is 646. The van der Waals surface area contributed by atoms with Gasteiger partial charge < -0.3 is 20.7 Å². The highest BCUT2D eigenvalue weighted by molar-refractivity contribution is 5.91. The lowest BCUT2D eigenvalue weighted by molar-refractivity contribution is -0.117. The minimum atomic E-state index is -0.347. The van der Waals surface area contributed by atoms with Crippen molar-refractivity contribution in [2.75, 3.05) is 23.8 Å². The molecule has 0 aliphatic carbocycles. The Kier molecular flexibility index (Phi) is 8.81. The summed E-state index contributed by atoms with van der Waals surface area (Å²) in [4.78, 5) is 12.3. The van der Waals surface area contributed by atoms with Crippen LogP contribution in [0.1, 0.15) is 44.9 Å². The molecule has 3 heterocycles. The number of anilines is 2. The fourth-order valence-electron chi connectivity index (χ4n) is 4.58. The van der Waals surface area contributed by atoms with Crippen molar-refractivity contribution < 1.29 is 13.9 Å². The lowest BCUT2D eigenvalue weighted by atomic mass is 9.89. The third-order valence-corrected chi connectivity index (χ3v) is 5.84. The molecule has 158 valence electrons. The van der Waals surface area contributed by atoms with E-state index in [9.17, 15) is 9.18 Å². The Morgan fingerprint density at radius 3 is 2.57 bits per heavy atom. The van der Waals surface area contributed by atoms with E-state index < -0.39 is 0 Å². The number of benzene rings is 1. The number of halogens is 3. The van der Waals surface area contributed by atoms with Gasteiger partial charge in [-0.1, -0.05) is 0 Å². The predicted molar refractivity (Wildman–Crippen MR) is 114 cm³/mol. The van der Waals surface area contributed by atoms with Crippen LogP contribution >= 0.6 is 24.8 Å². The van der Waals surface area contributed by atoms with E-state index in [1.165, 1.54) is 18.9 Å². The monoisotopic (exact) mass is 433 g/mol. The zero-order chi connectivity index (χ0) is 17.9. The number of fused-ring (bicyclic) bond motifs is 2. The van der Waals surface area contributed by atoms with Gasteiger partial charge in [-0.15, -0.1) is 24.8 Å². The molecular weight excluding hydrogens is 404 g/mol. The smallest absolute Gasteiger partial charge is 0.224 e. The van der Waals surface area contributed by atoms with Gasteiger partial charge >= 0.3 is 0 Å². The van der Waals surface area contributed by atoms with Gasteiger partial charge in [-0.05, 0) is 62.6 Å². The molecule has 1 aromatic rings. The van der Waals surface area contributed by atoms with E-state index in [1.54, 1.807) is 12.1 Å². The summed E-state index contributed by atoms with van der Waals surface area (Å²) in [6, 6.07) is 5.99. The molecule has 2 bridgehead atoms. The van der Waals surface area contributed by atoms with Gasteiger partial charge in [0, 0.05) is 37.3 Å². The number of hydrogen-bond donors (Lipinski definition) is 3. The summed E-state index contributed by atoms with van der Waals surface area (Å²) < 4.78 is 19.8. The van der Waals surface area contributed by atoms with E-state index in [2.05, 4.69) is 16.0 Å². The topological polar surface area (TPSA) is 62.4 Å². The Balaban J connectivity index is 0.00000140. The molecule has 0 saturated carbocycles. The lowest BCUT2D eigenvalue weighted by Crippen LogP contribution is -2.39. The Morgan fingerprint density at radius 2 is 1.93 bits per heavy atom. The second-order valence-corrected chi connectivity index (χ2v) is 7.94. The zero-order valence-electron chi connectivity index (χ0n) is 15.9. The van der Waals surface area contributed by atoms with Crippen LogP contribution in [-0.4, -0.2) is 37.2 Å². The molecule has 3 unspecified atom stereocenters. The van der Waals surface area contributed by atoms with Crippen molar-refractivity contribution in [1.29, 1.82) is 0 Å². The summed E-state index contributed by atoms with van der Waals surface area (Å²) in [6.45, 7) is 1.40. The predicted octanol–water partition coefficient (Wildman–Crippen LogP) is 4.12. The summed E-state index contributed by atoms with van der Waals surface area (Å²) in [5.41, 5.74) is 0.973. The number of nitrogens with one attached hydrogen (secondary N) is 3. The third kappa shape index (κ3) is 5.96. The van der Waals surface area contributed by atoms with Gasteiger partial charge in [0.2, 0.25) is 5.91 Å². The van der Waals surface area contributed by atoms with E-state index in [0.29, 0.717) is 42.3 Å². The summed E-state index contributed by atoms with van der Waals surface area (Å²) in [7, 11) is 0. The molecule has 0 radical (unpaired) electrons. The van der Waals surface area contributed by atoms with Crippen LogP contribution in [0.4, 0.5) is 15.8 Å². The van der Waals surface area contributed by atoms with E-state index in [4.69, 9.17) is 4.74 Å². The molecule has 0 aromatic heterocycles. The number of amides is 1. The molecule has 5 nitrogen and oxygen atoms in total. The highest BCUT2D eigenvalue weighted by atomic mass is 35.5. The minimum Gasteiger partial charge on any atom is -0.380 e.